The minimum atomic E-state index is 0. The van der Waals surface area contributed by atoms with Crippen LogP contribution in [0.1, 0.15) is 30.1 Å². The number of nitrogens with one attached hydrogen (secondary N) is 1. The van der Waals surface area contributed by atoms with E-state index in [4.69, 9.17) is 11.6 Å². The van der Waals surface area contributed by atoms with Crippen LogP contribution in [0, 0.1) is 0 Å². The molecule has 4 rings (SSSR count). The molecule has 168 valence electrons. The number of rotatable bonds is 4. The summed E-state index contributed by atoms with van der Waals surface area (Å²) in [7, 11) is 1.79. The van der Waals surface area contributed by atoms with Crippen molar-refractivity contribution in [1.29, 1.82) is 0 Å². The molecule has 1 saturated heterocycles. The predicted octanol–water partition coefficient (Wildman–Crippen LogP) is 2.35. The Hall–Kier alpha value is -1.88. The summed E-state index contributed by atoms with van der Waals surface area (Å²) in [5.74, 6) is 3.01. The highest BCUT2D eigenvalue weighted by atomic mass is 127. The molecule has 8 nitrogen and oxygen atoms in total. The summed E-state index contributed by atoms with van der Waals surface area (Å²) >= 11 is 6.03. The Morgan fingerprint density at radius 2 is 1.90 bits per heavy atom. The first-order valence-corrected chi connectivity index (χ1v) is 10.9. The Kier molecular flexibility index (Phi) is 8.53. The number of fused-ring (bicyclic) bond motifs is 1. The predicted molar refractivity (Wildman–Crippen MR) is 132 cm³/mol. The van der Waals surface area contributed by atoms with Crippen LogP contribution in [0.25, 0.3) is 0 Å². The average Bonchev–Trinajstić information content (AvgIpc) is 3.18. The number of nitrogens with zero attached hydrogens (tertiary/aromatic N) is 6. The van der Waals surface area contributed by atoms with Crippen molar-refractivity contribution in [3.05, 3.63) is 46.5 Å². The van der Waals surface area contributed by atoms with Crippen LogP contribution in [-0.4, -0.2) is 69.7 Å². The number of piperazine rings is 1. The Morgan fingerprint density at radius 3 is 2.65 bits per heavy atom. The maximum absolute atomic E-state index is 12.6. The zero-order valence-corrected chi connectivity index (χ0v) is 20.8. The van der Waals surface area contributed by atoms with E-state index in [9.17, 15) is 4.79 Å². The minimum Gasteiger partial charge on any atom is -0.349 e. The van der Waals surface area contributed by atoms with E-state index in [0.29, 0.717) is 31.1 Å². The first-order valence-electron chi connectivity index (χ1n) is 10.5. The fourth-order valence-corrected chi connectivity index (χ4v) is 4.30. The second kappa shape index (κ2) is 11.1. The van der Waals surface area contributed by atoms with Crippen molar-refractivity contribution in [1.82, 2.24) is 29.9 Å². The molecule has 2 aliphatic heterocycles. The molecule has 2 aliphatic rings. The van der Waals surface area contributed by atoms with Gasteiger partial charge in [-0.3, -0.25) is 9.79 Å². The zero-order valence-electron chi connectivity index (χ0n) is 17.8. The molecule has 0 bridgehead atoms. The Balaban J connectivity index is 0.00000272. The largest absolute Gasteiger partial charge is 0.349 e. The van der Waals surface area contributed by atoms with Crippen LogP contribution in [0.4, 0.5) is 0 Å². The van der Waals surface area contributed by atoms with E-state index >= 15 is 0 Å². The molecular formula is C21H29ClIN7O. The van der Waals surface area contributed by atoms with E-state index in [1.165, 1.54) is 12.8 Å². The number of carbonyl (C=O) groups is 1. The maximum atomic E-state index is 12.6. The summed E-state index contributed by atoms with van der Waals surface area (Å²) < 4.78 is 2.22. The third kappa shape index (κ3) is 5.88. The SMILES string of the molecule is CN=C(NCc1nnc2n1CCCC2)N1CCN(C(=O)Cc2cccc(Cl)c2)CC1.I. The number of aryl methyl sites for hydroxylation is 1. The van der Waals surface area contributed by atoms with Gasteiger partial charge in [0.25, 0.3) is 0 Å². The van der Waals surface area contributed by atoms with Gasteiger partial charge in [-0.15, -0.1) is 34.2 Å². The fourth-order valence-electron chi connectivity index (χ4n) is 4.09. The van der Waals surface area contributed by atoms with Gasteiger partial charge in [-0.05, 0) is 30.5 Å². The first-order chi connectivity index (χ1) is 14.6. The summed E-state index contributed by atoms with van der Waals surface area (Å²) in [4.78, 5) is 21.2. The van der Waals surface area contributed by atoms with E-state index < -0.39 is 0 Å². The zero-order chi connectivity index (χ0) is 20.9. The lowest BCUT2D eigenvalue weighted by atomic mass is 10.1. The van der Waals surface area contributed by atoms with Crippen molar-refractivity contribution >= 4 is 47.4 Å². The summed E-state index contributed by atoms with van der Waals surface area (Å²) in [6.07, 6.45) is 3.75. The van der Waals surface area contributed by atoms with Gasteiger partial charge in [0.05, 0.1) is 13.0 Å². The van der Waals surface area contributed by atoms with Gasteiger partial charge in [-0.2, -0.15) is 0 Å². The number of amides is 1. The molecule has 0 unspecified atom stereocenters. The third-order valence-electron chi connectivity index (χ3n) is 5.73. The number of aromatic nitrogens is 3. The summed E-state index contributed by atoms with van der Waals surface area (Å²) in [6, 6.07) is 7.49. The molecule has 2 aromatic rings. The Labute approximate surface area is 205 Å². The summed E-state index contributed by atoms with van der Waals surface area (Å²) in [6.45, 7) is 4.46. The molecule has 0 saturated carbocycles. The molecule has 10 heteroatoms. The fraction of sp³-hybridized carbons (Fsp3) is 0.524. The van der Waals surface area contributed by atoms with Crippen molar-refractivity contribution in [3.63, 3.8) is 0 Å². The number of carbonyl (C=O) groups excluding carboxylic acids is 1. The number of guanidine groups is 1. The monoisotopic (exact) mass is 557 g/mol. The molecule has 1 fully saturated rings. The van der Waals surface area contributed by atoms with Crippen molar-refractivity contribution < 1.29 is 4.79 Å². The lowest BCUT2D eigenvalue weighted by molar-refractivity contribution is -0.131. The van der Waals surface area contributed by atoms with Crippen LogP contribution in [0.2, 0.25) is 5.02 Å². The van der Waals surface area contributed by atoms with Gasteiger partial charge < -0.3 is 19.7 Å². The van der Waals surface area contributed by atoms with Gasteiger partial charge in [-0.25, -0.2) is 0 Å². The molecule has 0 aliphatic carbocycles. The third-order valence-corrected chi connectivity index (χ3v) is 5.96. The van der Waals surface area contributed by atoms with Crippen molar-refractivity contribution in [2.24, 2.45) is 4.99 Å². The first kappa shape index (κ1) is 23.8. The van der Waals surface area contributed by atoms with Gasteiger partial charge in [0.1, 0.15) is 5.82 Å². The van der Waals surface area contributed by atoms with Crippen molar-refractivity contribution in [2.45, 2.75) is 38.8 Å². The van der Waals surface area contributed by atoms with Crippen LogP contribution in [0.15, 0.2) is 29.3 Å². The normalized spacial score (nSPS) is 16.5. The van der Waals surface area contributed by atoms with Crippen molar-refractivity contribution in [2.75, 3.05) is 33.2 Å². The topological polar surface area (TPSA) is 78.7 Å². The van der Waals surface area contributed by atoms with E-state index in [-0.39, 0.29) is 29.9 Å². The van der Waals surface area contributed by atoms with Gasteiger partial charge in [0.15, 0.2) is 11.8 Å². The highest BCUT2D eigenvalue weighted by Crippen LogP contribution is 2.15. The molecule has 1 amide bonds. The second-order valence-corrected chi connectivity index (χ2v) is 8.15. The second-order valence-electron chi connectivity index (χ2n) is 7.72. The van der Waals surface area contributed by atoms with Crippen LogP contribution < -0.4 is 5.32 Å². The Morgan fingerprint density at radius 1 is 1.13 bits per heavy atom. The minimum absolute atomic E-state index is 0. The average molecular weight is 558 g/mol. The highest BCUT2D eigenvalue weighted by molar-refractivity contribution is 14.0. The molecule has 31 heavy (non-hydrogen) atoms. The molecule has 1 N–H and O–H groups in total. The van der Waals surface area contributed by atoms with E-state index in [1.807, 2.05) is 29.2 Å². The smallest absolute Gasteiger partial charge is 0.227 e. The molecule has 1 aromatic carbocycles. The van der Waals surface area contributed by atoms with Gasteiger partial charge in [0.2, 0.25) is 5.91 Å². The Bertz CT molecular complexity index is 924. The van der Waals surface area contributed by atoms with Crippen LogP contribution in [0.5, 0.6) is 0 Å². The van der Waals surface area contributed by atoms with Gasteiger partial charge >= 0.3 is 0 Å². The van der Waals surface area contributed by atoms with E-state index in [2.05, 4.69) is 30.0 Å². The number of aliphatic imine (C=N–C) groups is 1. The summed E-state index contributed by atoms with van der Waals surface area (Å²) in [5.41, 5.74) is 0.948. The molecule has 0 radical (unpaired) electrons. The number of benzene rings is 1. The molecule has 0 atom stereocenters. The van der Waals surface area contributed by atoms with Gasteiger partial charge in [-0.1, -0.05) is 23.7 Å². The molecular weight excluding hydrogens is 529 g/mol. The molecule has 1 aromatic heterocycles. The van der Waals surface area contributed by atoms with Crippen LogP contribution in [-0.2, 0) is 30.7 Å². The number of hydrogen-bond acceptors (Lipinski definition) is 4. The van der Waals surface area contributed by atoms with E-state index in [1.54, 1.807) is 7.05 Å². The molecule has 0 spiro atoms. The quantitative estimate of drug-likeness (QED) is 0.355. The highest BCUT2D eigenvalue weighted by Gasteiger charge is 2.24. The number of hydrogen-bond donors (Lipinski definition) is 1. The van der Waals surface area contributed by atoms with Crippen molar-refractivity contribution in [3.8, 4) is 0 Å². The summed E-state index contributed by atoms with van der Waals surface area (Å²) in [5, 5.41) is 12.7. The molecule has 3 heterocycles. The standard InChI is InChI=1S/C21H28ClN7O.HI/c1-23-21(24-15-19-26-25-18-7-2-3-8-29(18)19)28-11-9-27(10-12-28)20(30)14-16-5-4-6-17(22)13-16;/h4-6,13H,2-3,7-12,14-15H2,1H3,(H,23,24);1H. The number of halogens is 2. The van der Waals surface area contributed by atoms with E-state index in [0.717, 1.165) is 49.2 Å². The maximum Gasteiger partial charge on any atom is 0.227 e. The van der Waals surface area contributed by atoms with Crippen LogP contribution in [0.3, 0.4) is 0 Å². The van der Waals surface area contributed by atoms with Crippen LogP contribution >= 0.6 is 35.6 Å². The van der Waals surface area contributed by atoms with Gasteiger partial charge in [0, 0.05) is 51.2 Å². The lowest BCUT2D eigenvalue weighted by Crippen LogP contribution is -2.54. The lowest BCUT2D eigenvalue weighted by Gasteiger charge is -2.36.